The Morgan fingerprint density at radius 1 is 1.24 bits per heavy atom. The van der Waals surface area contributed by atoms with Crippen molar-refractivity contribution in [2.24, 2.45) is 17.8 Å². The number of hydrogen-bond donors (Lipinski definition) is 3. The third-order valence-electron chi connectivity index (χ3n) is 4.02. The highest BCUT2D eigenvalue weighted by Crippen LogP contribution is 2.26. The fraction of sp³-hybridized carbons (Fsp3) is 0.833. The molecule has 4 atom stereocenters. The maximum Gasteiger partial charge on any atom is 0.308 e. The van der Waals surface area contributed by atoms with E-state index in [2.05, 4.69) is 10.6 Å². The lowest BCUT2D eigenvalue weighted by molar-refractivity contribution is -0.142. The number of carbonyl (C=O) groups excluding carboxylic acids is 1. The molecule has 1 amide bonds. The normalized spacial score (nSPS) is 37.0. The van der Waals surface area contributed by atoms with Crippen molar-refractivity contribution >= 4 is 11.9 Å². The Bertz CT molecular complexity index is 319. The zero-order chi connectivity index (χ0) is 12.4. The van der Waals surface area contributed by atoms with Crippen molar-refractivity contribution in [3.63, 3.8) is 0 Å². The molecule has 2 unspecified atom stereocenters. The zero-order valence-electron chi connectivity index (χ0n) is 10.1. The first-order valence-corrected chi connectivity index (χ1v) is 6.33. The molecule has 17 heavy (non-hydrogen) atoms. The maximum atomic E-state index is 12.0. The number of rotatable bonds is 3. The van der Waals surface area contributed by atoms with Gasteiger partial charge in [0.05, 0.1) is 11.8 Å². The standard InChI is InChI=1S/C12H20N2O3/c1-7-5-13-6-9(7)11(15)14-10-4-2-3-8(10)12(16)17/h7-10,13H,2-6H2,1H3,(H,14,15)(H,16,17)/t7-,8?,9-,10?/m1/s1. The summed E-state index contributed by atoms with van der Waals surface area (Å²) in [5, 5.41) is 15.2. The Hall–Kier alpha value is -1.10. The van der Waals surface area contributed by atoms with Gasteiger partial charge in [-0.1, -0.05) is 13.3 Å². The van der Waals surface area contributed by atoms with Crippen LogP contribution in [-0.2, 0) is 9.59 Å². The van der Waals surface area contributed by atoms with Gasteiger partial charge in [0.25, 0.3) is 0 Å². The molecule has 2 rings (SSSR count). The van der Waals surface area contributed by atoms with Crippen molar-refractivity contribution in [1.82, 2.24) is 10.6 Å². The van der Waals surface area contributed by atoms with Gasteiger partial charge in [0.2, 0.25) is 5.91 Å². The van der Waals surface area contributed by atoms with Crippen LogP contribution in [0.3, 0.4) is 0 Å². The molecule has 2 aliphatic rings. The van der Waals surface area contributed by atoms with E-state index in [1.807, 2.05) is 6.92 Å². The highest BCUT2D eigenvalue weighted by Gasteiger charge is 2.37. The third-order valence-corrected chi connectivity index (χ3v) is 4.02. The van der Waals surface area contributed by atoms with Crippen molar-refractivity contribution in [3.8, 4) is 0 Å². The van der Waals surface area contributed by atoms with Gasteiger partial charge in [-0.3, -0.25) is 9.59 Å². The van der Waals surface area contributed by atoms with Crippen LogP contribution >= 0.6 is 0 Å². The highest BCUT2D eigenvalue weighted by molar-refractivity contribution is 5.81. The van der Waals surface area contributed by atoms with Crippen LogP contribution in [0.2, 0.25) is 0 Å². The van der Waals surface area contributed by atoms with E-state index in [0.29, 0.717) is 18.9 Å². The minimum absolute atomic E-state index is 0.00922. The van der Waals surface area contributed by atoms with Gasteiger partial charge in [-0.15, -0.1) is 0 Å². The Kier molecular flexibility index (Phi) is 3.66. The van der Waals surface area contributed by atoms with Gasteiger partial charge >= 0.3 is 5.97 Å². The molecule has 0 aromatic heterocycles. The van der Waals surface area contributed by atoms with Gasteiger partial charge in [-0.05, 0) is 25.3 Å². The third kappa shape index (κ3) is 2.60. The number of carbonyl (C=O) groups is 2. The first-order valence-electron chi connectivity index (χ1n) is 6.33. The van der Waals surface area contributed by atoms with Gasteiger partial charge in [-0.25, -0.2) is 0 Å². The van der Waals surface area contributed by atoms with Crippen LogP contribution in [-0.4, -0.2) is 36.1 Å². The second kappa shape index (κ2) is 5.04. The summed E-state index contributed by atoms with van der Waals surface area (Å²) in [7, 11) is 0. The number of carboxylic acids is 1. The summed E-state index contributed by atoms with van der Waals surface area (Å²) in [4.78, 5) is 23.1. The maximum absolute atomic E-state index is 12.0. The molecule has 3 N–H and O–H groups in total. The van der Waals surface area contributed by atoms with E-state index in [-0.39, 0.29) is 17.9 Å². The van der Waals surface area contributed by atoms with Crippen molar-refractivity contribution in [1.29, 1.82) is 0 Å². The van der Waals surface area contributed by atoms with Crippen LogP contribution in [0, 0.1) is 17.8 Å². The topological polar surface area (TPSA) is 78.4 Å². The van der Waals surface area contributed by atoms with Crippen LogP contribution in [0.1, 0.15) is 26.2 Å². The Morgan fingerprint density at radius 3 is 2.59 bits per heavy atom. The lowest BCUT2D eigenvalue weighted by Gasteiger charge is -2.21. The van der Waals surface area contributed by atoms with Crippen LogP contribution in [0.25, 0.3) is 0 Å². The summed E-state index contributed by atoms with van der Waals surface area (Å²) < 4.78 is 0. The summed E-state index contributed by atoms with van der Waals surface area (Å²) in [6.45, 7) is 3.62. The second-order valence-electron chi connectivity index (χ2n) is 5.23. The van der Waals surface area contributed by atoms with Crippen LogP contribution < -0.4 is 10.6 Å². The van der Waals surface area contributed by atoms with Gasteiger partial charge in [-0.2, -0.15) is 0 Å². The molecular formula is C12H20N2O3. The largest absolute Gasteiger partial charge is 0.481 e. The number of nitrogens with one attached hydrogen (secondary N) is 2. The molecule has 5 nitrogen and oxygen atoms in total. The first-order chi connectivity index (χ1) is 8.09. The molecule has 0 radical (unpaired) electrons. The Balaban J connectivity index is 1.91. The van der Waals surface area contributed by atoms with E-state index in [9.17, 15) is 9.59 Å². The van der Waals surface area contributed by atoms with Crippen molar-refractivity contribution in [3.05, 3.63) is 0 Å². The molecule has 2 fully saturated rings. The molecule has 1 aliphatic heterocycles. The number of amides is 1. The number of hydrogen-bond acceptors (Lipinski definition) is 3. The molecule has 1 aliphatic carbocycles. The van der Waals surface area contributed by atoms with Crippen molar-refractivity contribution < 1.29 is 14.7 Å². The average molecular weight is 240 g/mol. The van der Waals surface area contributed by atoms with Crippen LogP contribution in [0.4, 0.5) is 0 Å². The van der Waals surface area contributed by atoms with E-state index in [4.69, 9.17) is 5.11 Å². The minimum atomic E-state index is -0.787. The van der Waals surface area contributed by atoms with E-state index in [1.165, 1.54) is 0 Å². The predicted molar refractivity (Wildman–Crippen MR) is 62.4 cm³/mol. The molecule has 1 saturated heterocycles. The molecule has 1 heterocycles. The molecule has 5 heteroatoms. The Labute approximate surface area is 101 Å². The van der Waals surface area contributed by atoms with Crippen molar-refractivity contribution in [2.75, 3.05) is 13.1 Å². The fourth-order valence-corrected chi connectivity index (χ4v) is 2.88. The molecule has 0 bridgehead atoms. The molecular weight excluding hydrogens is 220 g/mol. The zero-order valence-corrected chi connectivity index (χ0v) is 10.1. The smallest absolute Gasteiger partial charge is 0.308 e. The quantitative estimate of drug-likeness (QED) is 0.659. The van der Waals surface area contributed by atoms with E-state index >= 15 is 0 Å². The first kappa shape index (κ1) is 12.4. The second-order valence-corrected chi connectivity index (χ2v) is 5.23. The summed E-state index contributed by atoms with van der Waals surface area (Å²) in [5.41, 5.74) is 0. The number of aliphatic carboxylic acids is 1. The summed E-state index contributed by atoms with van der Waals surface area (Å²) in [6.07, 6.45) is 2.36. The predicted octanol–water partition coefficient (Wildman–Crippen LogP) is 0.211. The number of carboxylic acid groups (broad SMARTS) is 1. The molecule has 1 saturated carbocycles. The molecule has 0 aromatic rings. The summed E-state index contributed by atoms with van der Waals surface area (Å²) >= 11 is 0. The minimum Gasteiger partial charge on any atom is -0.481 e. The van der Waals surface area contributed by atoms with Gasteiger partial charge in [0.15, 0.2) is 0 Å². The highest BCUT2D eigenvalue weighted by atomic mass is 16.4. The van der Waals surface area contributed by atoms with E-state index < -0.39 is 11.9 Å². The molecule has 0 aromatic carbocycles. The lowest BCUT2D eigenvalue weighted by Crippen LogP contribution is -2.44. The van der Waals surface area contributed by atoms with E-state index in [1.54, 1.807) is 0 Å². The van der Waals surface area contributed by atoms with Gasteiger partial charge in [0, 0.05) is 12.6 Å². The summed E-state index contributed by atoms with van der Waals surface area (Å²) in [5.74, 6) is -0.848. The monoisotopic (exact) mass is 240 g/mol. The molecule has 96 valence electrons. The Morgan fingerprint density at radius 2 is 2.00 bits per heavy atom. The van der Waals surface area contributed by atoms with E-state index in [0.717, 1.165) is 19.4 Å². The van der Waals surface area contributed by atoms with Gasteiger partial charge < -0.3 is 15.7 Å². The molecule has 0 spiro atoms. The lowest BCUT2D eigenvalue weighted by atomic mass is 9.96. The SMILES string of the molecule is C[C@@H]1CNC[C@H]1C(=O)NC1CCCC1C(=O)O. The summed E-state index contributed by atoms with van der Waals surface area (Å²) in [6, 6.07) is -0.173. The average Bonchev–Trinajstić information content (AvgIpc) is 2.86. The van der Waals surface area contributed by atoms with Crippen LogP contribution in [0.5, 0.6) is 0 Å². The van der Waals surface area contributed by atoms with Crippen molar-refractivity contribution in [2.45, 2.75) is 32.2 Å². The van der Waals surface area contributed by atoms with Gasteiger partial charge in [0.1, 0.15) is 0 Å². The van der Waals surface area contributed by atoms with Crippen LogP contribution in [0.15, 0.2) is 0 Å². The fourth-order valence-electron chi connectivity index (χ4n) is 2.88.